The van der Waals surface area contributed by atoms with Crippen molar-refractivity contribution < 1.29 is 4.92 Å². The van der Waals surface area contributed by atoms with Gasteiger partial charge in [-0.05, 0) is 25.5 Å². The van der Waals surface area contributed by atoms with Gasteiger partial charge >= 0.3 is 5.69 Å². The lowest BCUT2D eigenvalue weighted by molar-refractivity contribution is -0.384. The van der Waals surface area contributed by atoms with Crippen molar-refractivity contribution in [1.82, 2.24) is 14.8 Å². The van der Waals surface area contributed by atoms with Crippen LogP contribution < -0.4 is 5.32 Å². The third-order valence-corrected chi connectivity index (χ3v) is 2.76. The zero-order valence-electron chi connectivity index (χ0n) is 10.8. The van der Waals surface area contributed by atoms with Gasteiger partial charge in [0.15, 0.2) is 0 Å². The Balaban J connectivity index is 2.26. The van der Waals surface area contributed by atoms with Gasteiger partial charge in [-0.1, -0.05) is 6.07 Å². The van der Waals surface area contributed by atoms with E-state index in [2.05, 4.69) is 15.4 Å². The first kappa shape index (κ1) is 13.0. The van der Waals surface area contributed by atoms with Crippen LogP contribution in [0.25, 0.3) is 0 Å². The number of nitrogens with one attached hydrogen (secondary N) is 1. The first-order valence-electron chi connectivity index (χ1n) is 5.98. The average Bonchev–Trinajstić information content (AvgIpc) is 2.73. The fourth-order valence-electron chi connectivity index (χ4n) is 1.88. The molecule has 0 saturated carbocycles. The van der Waals surface area contributed by atoms with Crippen molar-refractivity contribution in [1.29, 1.82) is 0 Å². The molecular formula is C12H15N5O2. The number of nitro groups is 1. The minimum Gasteiger partial charge on any atom is -0.360 e. The molecule has 100 valence electrons. The van der Waals surface area contributed by atoms with Crippen molar-refractivity contribution >= 4 is 11.5 Å². The van der Waals surface area contributed by atoms with E-state index in [0.29, 0.717) is 24.6 Å². The molecule has 1 N–H and O–H groups in total. The molecule has 0 amide bonds. The minimum atomic E-state index is -0.403. The maximum Gasteiger partial charge on any atom is 0.333 e. The van der Waals surface area contributed by atoms with Gasteiger partial charge in [-0.25, -0.2) is 4.68 Å². The van der Waals surface area contributed by atoms with Gasteiger partial charge in [-0.2, -0.15) is 5.10 Å². The van der Waals surface area contributed by atoms with Crippen LogP contribution in [0.5, 0.6) is 0 Å². The summed E-state index contributed by atoms with van der Waals surface area (Å²) in [5.74, 6) is 0.439. The summed E-state index contributed by atoms with van der Waals surface area (Å²) in [6, 6.07) is 3.74. The summed E-state index contributed by atoms with van der Waals surface area (Å²) in [4.78, 5) is 14.7. The van der Waals surface area contributed by atoms with Crippen LogP contribution in [0.3, 0.4) is 0 Å². The summed E-state index contributed by atoms with van der Waals surface area (Å²) >= 11 is 0. The molecule has 0 fully saturated rings. The molecule has 0 unspecified atom stereocenters. The topological polar surface area (TPSA) is 85.9 Å². The number of pyridine rings is 1. The second kappa shape index (κ2) is 5.47. The van der Waals surface area contributed by atoms with E-state index in [1.807, 2.05) is 19.1 Å². The monoisotopic (exact) mass is 261 g/mol. The Bertz CT molecular complexity index is 579. The molecular weight excluding hydrogens is 246 g/mol. The number of anilines is 1. The van der Waals surface area contributed by atoms with Gasteiger partial charge < -0.3 is 5.32 Å². The maximum atomic E-state index is 11.1. The van der Waals surface area contributed by atoms with Gasteiger partial charge in [0.1, 0.15) is 5.69 Å². The molecule has 0 aliphatic rings. The third-order valence-electron chi connectivity index (χ3n) is 2.76. The zero-order valence-corrected chi connectivity index (χ0v) is 10.8. The predicted molar refractivity (Wildman–Crippen MR) is 70.9 cm³/mol. The maximum absolute atomic E-state index is 11.1. The molecule has 7 nitrogen and oxygen atoms in total. The highest BCUT2D eigenvalue weighted by molar-refractivity contribution is 5.59. The number of hydrogen-bond donors (Lipinski definition) is 1. The van der Waals surface area contributed by atoms with Gasteiger partial charge in [0.2, 0.25) is 5.82 Å². The number of nitrogens with zero attached hydrogens (tertiary/aromatic N) is 4. The van der Waals surface area contributed by atoms with Crippen LogP contribution in [0.15, 0.2) is 24.5 Å². The molecule has 0 aliphatic heterocycles. The Morgan fingerprint density at radius 2 is 2.32 bits per heavy atom. The summed E-state index contributed by atoms with van der Waals surface area (Å²) in [6.07, 6.45) is 3.41. The van der Waals surface area contributed by atoms with Crippen molar-refractivity contribution in [3.63, 3.8) is 0 Å². The van der Waals surface area contributed by atoms with Gasteiger partial charge in [-0.3, -0.25) is 15.1 Å². The van der Waals surface area contributed by atoms with Crippen LogP contribution in [0.2, 0.25) is 0 Å². The number of hydrogen-bond acceptors (Lipinski definition) is 5. The van der Waals surface area contributed by atoms with Crippen LogP contribution in [-0.2, 0) is 13.1 Å². The van der Waals surface area contributed by atoms with Crippen LogP contribution in [0, 0.1) is 17.0 Å². The Hall–Kier alpha value is -2.44. The van der Waals surface area contributed by atoms with Crippen molar-refractivity contribution in [2.24, 2.45) is 0 Å². The lowest BCUT2D eigenvalue weighted by Gasteiger charge is -2.07. The standard InChI is InChI=1S/C12H15N5O2/c1-3-16-12(11(17(18)19)9(2)15-16)14-8-10-5-4-6-13-7-10/h4-7,14H,3,8H2,1-2H3. The summed E-state index contributed by atoms with van der Waals surface area (Å²) in [5, 5.41) is 18.3. The summed E-state index contributed by atoms with van der Waals surface area (Å²) < 4.78 is 1.60. The van der Waals surface area contributed by atoms with E-state index in [4.69, 9.17) is 0 Å². The van der Waals surface area contributed by atoms with Crippen molar-refractivity contribution in [3.05, 3.63) is 45.9 Å². The van der Waals surface area contributed by atoms with E-state index in [0.717, 1.165) is 5.56 Å². The number of rotatable bonds is 5. The van der Waals surface area contributed by atoms with E-state index >= 15 is 0 Å². The molecule has 0 bridgehead atoms. The first-order valence-corrected chi connectivity index (χ1v) is 5.98. The number of aromatic nitrogens is 3. The first-order chi connectivity index (χ1) is 9.13. The second-order valence-electron chi connectivity index (χ2n) is 4.07. The summed E-state index contributed by atoms with van der Waals surface area (Å²) in [7, 11) is 0. The van der Waals surface area contributed by atoms with Crippen LogP contribution in [-0.4, -0.2) is 19.7 Å². The van der Waals surface area contributed by atoms with E-state index < -0.39 is 4.92 Å². The minimum absolute atomic E-state index is 0.0331. The lowest BCUT2D eigenvalue weighted by atomic mass is 10.3. The molecule has 2 aromatic heterocycles. The smallest absolute Gasteiger partial charge is 0.333 e. The Morgan fingerprint density at radius 3 is 2.89 bits per heavy atom. The summed E-state index contributed by atoms with van der Waals surface area (Å²) in [5.41, 5.74) is 1.41. The SMILES string of the molecule is CCn1nc(C)c([N+](=O)[O-])c1NCc1cccnc1. The Labute approximate surface area is 110 Å². The quantitative estimate of drug-likeness (QED) is 0.658. The molecule has 0 spiro atoms. The second-order valence-corrected chi connectivity index (χ2v) is 4.07. The molecule has 2 aromatic rings. The molecule has 2 rings (SSSR count). The number of aryl methyl sites for hydroxylation is 2. The van der Waals surface area contributed by atoms with Gasteiger partial charge in [-0.15, -0.1) is 0 Å². The average molecular weight is 261 g/mol. The van der Waals surface area contributed by atoms with Crippen LogP contribution in [0.4, 0.5) is 11.5 Å². The molecule has 2 heterocycles. The van der Waals surface area contributed by atoms with Gasteiger partial charge in [0.05, 0.1) is 4.92 Å². The zero-order chi connectivity index (χ0) is 13.8. The van der Waals surface area contributed by atoms with E-state index in [1.54, 1.807) is 24.0 Å². The molecule has 7 heteroatoms. The Morgan fingerprint density at radius 1 is 1.53 bits per heavy atom. The summed E-state index contributed by atoms with van der Waals surface area (Å²) in [6.45, 7) is 4.58. The van der Waals surface area contributed by atoms with Crippen molar-refractivity contribution in [2.45, 2.75) is 26.9 Å². The van der Waals surface area contributed by atoms with E-state index in [9.17, 15) is 10.1 Å². The van der Waals surface area contributed by atoms with Crippen LogP contribution in [0.1, 0.15) is 18.2 Å². The predicted octanol–water partition coefficient (Wildman–Crippen LogP) is 2.13. The molecule has 0 saturated heterocycles. The third kappa shape index (κ3) is 2.70. The molecule has 0 aromatic carbocycles. The van der Waals surface area contributed by atoms with E-state index in [1.165, 1.54) is 0 Å². The normalized spacial score (nSPS) is 10.4. The van der Waals surface area contributed by atoms with Crippen LogP contribution >= 0.6 is 0 Å². The van der Waals surface area contributed by atoms with Crippen molar-refractivity contribution in [2.75, 3.05) is 5.32 Å². The van der Waals surface area contributed by atoms with E-state index in [-0.39, 0.29) is 5.69 Å². The molecule has 0 radical (unpaired) electrons. The fraction of sp³-hybridized carbons (Fsp3) is 0.333. The highest BCUT2D eigenvalue weighted by atomic mass is 16.6. The molecule has 19 heavy (non-hydrogen) atoms. The van der Waals surface area contributed by atoms with Crippen molar-refractivity contribution in [3.8, 4) is 0 Å². The lowest BCUT2D eigenvalue weighted by Crippen LogP contribution is -2.08. The van der Waals surface area contributed by atoms with Gasteiger partial charge in [0.25, 0.3) is 0 Å². The fourth-order valence-corrected chi connectivity index (χ4v) is 1.88. The Kier molecular flexibility index (Phi) is 3.74. The molecule has 0 atom stereocenters. The highest BCUT2D eigenvalue weighted by Gasteiger charge is 2.24. The highest BCUT2D eigenvalue weighted by Crippen LogP contribution is 2.28. The van der Waals surface area contributed by atoms with Gasteiger partial charge in [0, 0.05) is 25.5 Å². The largest absolute Gasteiger partial charge is 0.360 e. The molecule has 0 aliphatic carbocycles.